The van der Waals surface area contributed by atoms with Gasteiger partial charge in [0.2, 0.25) is 0 Å². The number of rotatable bonds is 7. The van der Waals surface area contributed by atoms with Crippen molar-refractivity contribution in [2.45, 2.75) is 43.8 Å². The fraction of sp³-hybridized carbons (Fsp3) is 0.458. The molecule has 2 aliphatic heterocycles. The number of alkyl halides is 2. The molecule has 2 aliphatic rings. The highest BCUT2D eigenvalue weighted by Gasteiger charge is 2.45. The van der Waals surface area contributed by atoms with Crippen LogP contribution in [0.1, 0.15) is 25.7 Å². The fourth-order valence-electron chi connectivity index (χ4n) is 4.57. The fourth-order valence-corrected chi connectivity index (χ4v) is 4.57. The van der Waals surface area contributed by atoms with Gasteiger partial charge in [0, 0.05) is 50.1 Å². The third-order valence-electron chi connectivity index (χ3n) is 6.19. The minimum atomic E-state index is -2.91. The number of methoxy groups -OCH3 is 1. The van der Waals surface area contributed by atoms with Gasteiger partial charge in [-0.25, -0.2) is 13.2 Å². The van der Waals surface area contributed by atoms with Crippen LogP contribution in [-0.4, -0.2) is 55.9 Å². The van der Waals surface area contributed by atoms with Gasteiger partial charge >= 0.3 is 5.97 Å². The van der Waals surface area contributed by atoms with Gasteiger partial charge in [0.05, 0.1) is 25.8 Å². The van der Waals surface area contributed by atoms with Crippen LogP contribution in [-0.2, 0) is 4.79 Å². The van der Waals surface area contributed by atoms with Crippen LogP contribution in [0.2, 0.25) is 0 Å². The van der Waals surface area contributed by atoms with Crippen molar-refractivity contribution in [2.75, 3.05) is 36.5 Å². The van der Waals surface area contributed by atoms with E-state index < -0.39 is 30.9 Å². The molecule has 1 atom stereocenters. The van der Waals surface area contributed by atoms with Crippen molar-refractivity contribution >= 4 is 17.3 Å². The summed E-state index contributed by atoms with van der Waals surface area (Å²) in [5.74, 6) is -3.08. The molecule has 2 saturated heterocycles. The van der Waals surface area contributed by atoms with Gasteiger partial charge in [0.15, 0.2) is 0 Å². The van der Waals surface area contributed by atoms with Crippen molar-refractivity contribution in [1.82, 2.24) is 0 Å². The number of hydrogen-bond donors (Lipinski definition) is 1. The average molecular weight is 464 g/mol. The van der Waals surface area contributed by atoms with Crippen LogP contribution >= 0.6 is 0 Å². The number of ether oxygens (including phenoxy) is 2. The number of halogens is 3. The molecule has 33 heavy (non-hydrogen) atoms. The van der Waals surface area contributed by atoms with Crippen LogP contribution < -0.4 is 19.3 Å². The molecule has 6 nitrogen and oxygen atoms in total. The predicted molar refractivity (Wildman–Crippen MR) is 118 cm³/mol. The molecule has 0 bridgehead atoms. The molecule has 178 valence electrons. The Labute approximate surface area is 190 Å². The largest absolute Gasteiger partial charge is 0.497 e. The minimum absolute atomic E-state index is 0.0448. The molecule has 2 aromatic rings. The molecule has 2 heterocycles. The molecular weight excluding hydrogens is 437 g/mol. The van der Waals surface area contributed by atoms with E-state index in [1.54, 1.807) is 43.5 Å². The highest BCUT2D eigenvalue weighted by Crippen LogP contribution is 2.37. The summed E-state index contributed by atoms with van der Waals surface area (Å²) in [6.07, 6.45) is 0.566. The maximum Gasteiger partial charge on any atom is 0.305 e. The van der Waals surface area contributed by atoms with Crippen molar-refractivity contribution in [3.05, 3.63) is 48.3 Å². The van der Waals surface area contributed by atoms with E-state index in [1.807, 2.05) is 4.90 Å². The Kier molecular flexibility index (Phi) is 6.58. The Balaban J connectivity index is 1.35. The Morgan fingerprint density at radius 2 is 1.79 bits per heavy atom. The van der Waals surface area contributed by atoms with Crippen LogP contribution in [0.25, 0.3) is 0 Å². The van der Waals surface area contributed by atoms with E-state index >= 15 is 0 Å². The van der Waals surface area contributed by atoms with Crippen LogP contribution in [0.5, 0.6) is 11.5 Å². The van der Waals surface area contributed by atoms with Crippen molar-refractivity contribution < 1.29 is 32.5 Å². The summed E-state index contributed by atoms with van der Waals surface area (Å²) in [7, 11) is 1.55. The first-order chi connectivity index (χ1) is 15.7. The number of carbonyl (C=O) groups is 1. The molecule has 0 spiro atoms. The summed E-state index contributed by atoms with van der Waals surface area (Å²) in [5.41, 5.74) is 1.06. The molecule has 0 aliphatic carbocycles. The molecule has 0 saturated carbocycles. The zero-order chi connectivity index (χ0) is 23.6. The topological polar surface area (TPSA) is 62.2 Å². The Morgan fingerprint density at radius 3 is 2.42 bits per heavy atom. The monoisotopic (exact) mass is 464 g/mol. The zero-order valence-electron chi connectivity index (χ0n) is 18.3. The molecule has 0 aromatic heterocycles. The Hall–Kier alpha value is -3.10. The normalized spacial score (nSPS) is 20.7. The summed E-state index contributed by atoms with van der Waals surface area (Å²) in [5, 5.41) is 9.05. The average Bonchev–Trinajstić information content (AvgIpc) is 3.08. The SMILES string of the molecule is COc1ccc(F)c(N2CCC(Oc3ccc(N4CC(F)(F)CC4CC(=O)O)cc3)CC2)c1. The lowest BCUT2D eigenvalue weighted by molar-refractivity contribution is -0.137. The van der Waals surface area contributed by atoms with Gasteiger partial charge in [-0.3, -0.25) is 4.79 Å². The number of hydrogen-bond acceptors (Lipinski definition) is 5. The van der Waals surface area contributed by atoms with Gasteiger partial charge in [0.1, 0.15) is 23.4 Å². The lowest BCUT2D eigenvalue weighted by atomic mass is 10.1. The predicted octanol–water partition coefficient (Wildman–Crippen LogP) is 4.57. The van der Waals surface area contributed by atoms with Crippen LogP contribution in [0.4, 0.5) is 24.5 Å². The van der Waals surface area contributed by atoms with E-state index in [0.717, 1.165) is 0 Å². The van der Waals surface area contributed by atoms with Gasteiger partial charge < -0.3 is 24.4 Å². The van der Waals surface area contributed by atoms with Crippen LogP contribution in [0.15, 0.2) is 42.5 Å². The molecule has 0 radical (unpaired) electrons. The number of piperidine rings is 1. The molecule has 2 fully saturated rings. The summed E-state index contributed by atoms with van der Waals surface area (Å²) < 4.78 is 53.3. The summed E-state index contributed by atoms with van der Waals surface area (Å²) in [4.78, 5) is 14.5. The maximum atomic E-state index is 14.2. The van der Waals surface area contributed by atoms with Crippen molar-refractivity contribution in [3.8, 4) is 11.5 Å². The number of carboxylic acids is 1. The van der Waals surface area contributed by atoms with Crippen molar-refractivity contribution in [1.29, 1.82) is 0 Å². The van der Waals surface area contributed by atoms with Crippen LogP contribution in [0.3, 0.4) is 0 Å². The van der Waals surface area contributed by atoms with E-state index in [4.69, 9.17) is 14.6 Å². The molecule has 1 unspecified atom stereocenters. The summed E-state index contributed by atoms with van der Waals surface area (Å²) in [6.45, 7) is 0.767. The lowest BCUT2D eigenvalue weighted by Gasteiger charge is -2.34. The minimum Gasteiger partial charge on any atom is -0.497 e. The van der Waals surface area contributed by atoms with E-state index in [0.29, 0.717) is 48.8 Å². The van der Waals surface area contributed by atoms with Gasteiger partial charge in [-0.05, 0) is 36.4 Å². The van der Waals surface area contributed by atoms with Gasteiger partial charge in [0.25, 0.3) is 5.92 Å². The smallest absolute Gasteiger partial charge is 0.305 e. The highest BCUT2D eigenvalue weighted by molar-refractivity contribution is 5.69. The van der Waals surface area contributed by atoms with Gasteiger partial charge in [-0.2, -0.15) is 0 Å². The second-order valence-corrected chi connectivity index (χ2v) is 8.56. The first-order valence-corrected chi connectivity index (χ1v) is 11.0. The Bertz CT molecular complexity index is 978. The number of nitrogens with zero attached hydrogens (tertiary/aromatic N) is 2. The standard InChI is InChI=1S/C24H27F3N2O4/c1-32-20-6-7-21(25)22(13-20)28-10-8-19(9-11-28)33-18-4-2-16(3-5-18)29-15-24(26,27)14-17(29)12-23(30)31/h2-7,13,17,19H,8-12,14-15H2,1H3,(H,30,31). The van der Waals surface area contributed by atoms with E-state index in [9.17, 15) is 18.0 Å². The van der Waals surface area contributed by atoms with Crippen LogP contribution in [0, 0.1) is 5.82 Å². The number of carboxylic acid groups (broad SMARTS) is 1. The molecular formula is C24H27F3N2O4. The highest BCUT2D eigenvalue weighted by atomic mass is 19.3. The molecule has 2 aromatic carbocycles. The molecule has 4 rings (SSSR count). The second-order valence-electron chi connectivity index (χ2n) is 8.56. The Morgan fingerprint density at radius 1 is 1.12 bits per heavy atom. The van der Waals surface area contributed by atoms with Gasteiger partial charge in [-0.1, -0.05) is 0 Å². The first-order valence-electron chi connectivity index (χ1n) is 11.0. The van der Waals surface area contributed by atoms with E-state index in [1.165, 1.54) is 11.0 Å². The molecule has 9 heteroatoms. The van der Waals surface area contributed by atoms with Crippen molar-refractivity contribution in [2.24, 2.45) is 0 Å². The molecule has 0 amide bonds. The van der Waals surface area contributed by atoms with E-state index in [-0.39, 0.29) is 18.3 Å². The zero-order valence-corrected chi connectivity index (χ0v) is 18.3. The van der Waals surface area contributed by atoms with Crippen molar-refractivity contribution in [3.63, 3.8) is 0 Å². The maximum absolute atomic E-state index is 14.2. The third kappa shape index (κ3) is 5.46. The number of aliphatic carboxylic acids is 1. The number of anilines is 2. The van der Waals surface area contributed by atoms with E-state index in [2.05, 4.69) is 0 Å². The summed E-state index contributed by atoms with van der Waals surface area (Å²) in [6, 6.07) is 10.7. The quantitative estimate of drug-likeness (QED) is 0.648. The number of benzene rings is 2. The summed E-state index contributed by atoms with van der Waals surface area (Å²) >= 11 is 0. The lowest BCUT2D eigenvalue weighted by Crippen LogP contribution is -2.38. The van der Waals surface area contributed by atoms with Gasteiger partial charge in [-0.15, -0.1) is 0 Å². The molecule has 1 N–H and O–H groups in total. The third-order valence-corrected chi connectivity index (χ3v) is 6.19. The first kappa shape index (κ1) is 23.1. The second kappa shape index (κ2) is 9.41.